The molecule has 0 aliphatic heterocycles. The number of carbonyl (C=O) groups excluding carboxylic acids is 1. The Bertz CT molecular complexity index is 861. The molecule has 24 heavy (non-hydrogen) atoms. The number of hydrogen-bond acceptors (Lipinski definition) is 5. The van der Waals surface area contributed by atoms with Gasteiger partial charge in [-0.15, -0.1) is 0 Å². The maximum atomic E-state index is 12.5. The Kier molecular flexibility index (Phi) is 4.43. The second-order valence-corrected chi connectivity index (χ2v) is 5.60. The van der Waals surface area contributed by atoms with Gasteiger partial charge in [0, 0.05) is 30.7 Å². The molecule has 2 aromatic heterocycles. The van der Waals surface area contributed by atoms with Crippen LogP contribution >= 0.6 is 11.6 Å². The lowest BCUT2D eigenvalue weighted by molar-refractivity contribution is 0.0938. The second-order valence-electron chi connectivity index (χ2n) is 5.16. The zero-order chi connectivity index (χ0) is 17.1. The molecule has 0 aliphatic carbocycles. The molecule has 122 valence electrons. The van der Waals surface area contributed by atoms with E-state index in [4.69, 9.17) is 17.3 Å². The molecule has 3 N–H and O–H groups in total. The van der Waals surface area contributed by atoms with Crippen molar-refractivity contribution in [2.45, 2.75) is 6.04 Å². The normalized spacial score (nSPS) is 11.9. The van der Waals surface area contributed by atoms with Gasteiger partial charge in [0.1, 0.15) is 0 Å². The lowest BCUT2D eigenvalue weighted by Crippen LogP contribution is -2.31. The number of nitrogen functional groups attached to an aromatic ring is 1. The summed E-state index contributed by atoms with van der Waals surface area (Å²) in [5.74, 6) is -0.350. The van der Waals surface area contributed by atoms with Crippen LogP contribution in [0.1, 0.15) is 27.8 Å². The van der Waals surface area contributed by atoms with Crippen molar-refractivity contribution in [2.24, 2.45) is 7.05 Å². The molecule has 0 unspecified atom stereocenters. The largest absolute Gasteiger partial charge is 0.382 e. The quantitative estimate of drug-likeness (QED) is 0.755. The minimum atomic E-state index is -0.461. The highest BCUT2D eigenvalue weighted by atomic mass is 35.5. The molecule has 0 fully saturated rings. The molecule has 0 spiro atoms. The van der Waals surface area contributed by atoms with E-state index in [-0.39, 0.29) is 11.5 Å². The monoisotopic (exact) mass is 342 g/mol. The Morgan fingerprint density at radius 1 is 1.21 bits per heavy atom. The van der Waals surface area contributed by atoms with E-state index in [1.807, 2.05) is 25.2 Å². The zero-order valence-corrected chi connectivity index (χ0v) is 13.6. The van der Waals surface area contributed by atoms with Crippen molar-refractivity contribution in [1.82, 2.24) is 25.1 Å². The number of carbonyl (C=O) groups is 1. The molecule has 0 saturated carbocycles. The highest BCUT2D eigenvalue weighted by molar-refractivity contribution is 6.30. The highest BCUT2D eigenvalue weighted by Crippen LogP contribution is 2.23. The number of hydrogen-bond donors (Lipinski definition) is 2. The summed E-state index contributed by atoms with van der Waals surface area (Å²) in [6, 6.07) is 8.56. The average Bonchev–Trinajstić information content (AvgIpc) is 3.00. The van der Waals surface area contributed by atoms with Crippen LogP contribution in [0.15, 0.2) is 48.9 Å². The molecule has 3 aromatic rings. The molecule has 0 saturated heterocycles. The van der Waals surface area contributed by atoms with Crippen molar-refractivity contribution < 1.29 is 4.79 Å². The second kappa shape index (κ2) is 6.67. The van der Waals surface area contributed by atoms with Gasteiger partial charge in [0.2, 0.25) is 0 Å². The predicted molar refractivity (Wildman–Crippen MR) is 90.4 cm³/mol. The van der Waals surface area contributed by atoms with Crippen LogP contribution in [0.2, 0.25) is 5.02 Å². The predicted octanol–water partition coefficient (Wildman–Crippen LogP) is 1.97. The average molecular weight is 343 g/mol. The highest BCUT2D eigenvalue weighted by Gasteiger charge is 2.22. The molecule has 8 heteroatoms. The maximum absolute atomic E-state index is 12.5. The number of halogens is 1. The van der Waals surface area contributed by atoms with E-state index in [1.165, 1.54) is 12.4 Å². The first-order valence-corrected chi connectivity index (χ1v) is 7.55. The van der Waals surface area contributed by atoms with Gasteiger partial charge in [-0.05, 0) is 23.8 Å². The molecule has 7 nitrogen and oxygen atoms in total. The van der Waals surface area contributed by atoms with Gasteiger partial charge < -0.3 is 11.1 Å². The van der Waals surface area contributed by atoms with E-state index in [9.17, 15) is 4.79 Å². The Morgan fingerprint density at radius 2 is 1.92 bits per heavy atom. The van der Waals surface area contributed by atoms with Gasteiger partial charge in [-0.25, -0.2) is 9.97 Å². The first-order chi connectivity index (χ1) is 11.5. The summed E-state index contributed by atoms with van der Waals surface area (Å²) in [6.45, 7) is 0. The fraction of sp³-hybridized carbons (Fsp3) is 0.125. The van der Waals surface area contributed by atoms with Crippen LogP contribution in [-0.4, -0.2) is 25.7 Å². The first kappa shape index (κ1) is 15.9. The Morgan fingerprint density at radius 3 is 2.54 bits per heavy atom. The van der Waals surface area contributed by atoms with Crippen LogP contribution in [0, 0.1) is 0 Å². The third-order valence-electron chi connectivity index (χ3n) is 3.45. The summed E-state index contributed by atoms with van der Waals surface area (Å²) in [5.41, 5.74) is 7.34. The van der Waals surface area contributed by atoms with Crippen LogP contribution in [0.4, 0.5) is 5.82 Å². The number of aromatic nitrogens is 4. The van der Waals surface area contributed by atoms with Crippen molar-refractivity contribution in [3.05, 3.63) is 70.9 Å². The Labute approximate surface area is 143 Å². The van der Waals surface area contributed by atoms with E-state index in [0.717, 1.165) is 5.56 Å². The molecular formula is C16H15ClN6O. The van der Waals surface area contributed by atoms with E-state index >= 15 is 0 Å². The lowest BCUT2D eigenvalue weighted by Gasteiger charge is -2.17. The van der Waals surface area contributed by atoms with Gasteiger partial charge in [-0.3, -0.25) is 9.48 Å². The number of nitrogens with one attached hydrogen (secondary N) is 1. The van der Waals surface area contributed by atoms with Gasteiger partial charge >= 0.3 is 0 Å². The Hall–Kier alpha value is -2.93. The summed E-state index contributed by atoms with van der Waals surface area (Å²) in [6.07, 6.45) is 4.66. The Balaban J connectivity index is 1.95. The van der Waals surface area contributed by atoms with E-state index in [1.54, 1.807) is 23.0 Å². The molecule has 0 radical (unpaired) electrons. The fourth-order valence-corrected chi connectivity index (χ4v) is 2.42. The summed E-state index contributed by atoms with van der Waals surface area (Å²) >= 11 is 5.95. The number of rotatable bonds is 4. The molecule has 3 rings (SSSR count). The van der Waals surface area contributed by atoms with Crippen molar-refractivity contribution in [2.75, 3.05) is 5.73 Å². The van der Waals surface area contributed by atoms with E-state index in [2.05, 4.69) is 20.4 Å². The number of anilines is 1. The van der Waals surface area contributed by atoms with Gasteiger partial charge in [-0.2, -0.15) is 5.10 Å². The third kappa shape index (κ3) is 3.36. The van der Waals surface area contributed by atoms with Crippen molar-refractivity contribution in [3.63, 3.8) is 0 Å². The minimum absolute atomic E-state index is 0.0749. The van der Waals surface area contributed by atoms with Crippen molar-refractivity contribution in [3.8, 4) is 0 Å². The minimum Gasteiger partial charge on any atom is -0.382 e. The van der Waals surface area contributed by atoms with Crippen molar-refractivity contribution >= 4 is 23.3 Å². The first-order valence-electron chi connectivity index (χ1n) is 7.17. The van der Waals surface area contributed by atoms with Crippen LogP contribution in [0.3, 0.4) is 0 Å². The molecule has 1 atom stereocenters. The number of benzene rings is 1. The summed E-state index contributed by atoms with van der Waals surface area (Å²) in [5, 5.41) is 7.89. The van der Waals surface area contributed by atoms with Gasteiger partial charge in [0.25, 0.3) is 5.91 Å². The number of nitrogens with two attached hydrogens (primary N) is 1. The number of nitrogens with zero attached hydrogens (tertiary/aromatic N) is 4. The fourth-order valence-electron chi connectivity index (χ4n) is 2.29. The standard InChI is InChI=1S/C16H15ClN6O/c1-23-9-6-12(22-23)13(10-2-4-11(17)5-3-10)21-16(24)14-15(18)20-8-7-19-14/h2-9,13H,1H3,(H2,18,20)(H,21,24)/t13-/m1/s1. The van der Waals surface area contributed by atoms with Crippen LogP contribution in [0.5, 0.6) is 0 Å². The van der Waals surface area contributed by atoms with Crippen LogP contribution < -0.4 is 11.1 Å². The molecule has 0 bridgehead atoms. The molecule has 0 aliphatic rings. The molecule has 1 aromatic carbocycles. The van der Waals surface area contributed by atoms with E-state index < -0.39 is 11.9 Å². The summed E-state index contributed by atoms with van der Waals surface area (Å²) in [7, 11) is 1.81. The number of amides is 1. The smallest absolute Gasteiger partial charge is 0.274 e. The summed E-state index contributed by atoms with van der Waals surface area (Å²) < 4.78 is 1.67. The topological polar surface area (TPSA) is 98.7 Å². The van der Waals surface area contributed by atoms with Gasteiger partial charge in [0.15, 0.2) is 11.5 Å². The van der Waals surface area contributed by atoms with Crippen molar-refractivity contribution in [1.29, 1.82) is 0 Å². The molecule has 1 amide bonds. The van der Waals surface area contributed by atoms with Gasteiger partial charge in [0.05, 0.1) is 11.7 Å². The molecule has 2 heterocycles. The number of aryl methyl sites for hydroxylation is 1. The van der Waals surface area contributed by atoms with Gasteiger partial charge in [-0.1, -0.05) is 23.7 Å². The summed E-state index contributed by atoms with van der Waals surface area (Å²) in [4.78, 5) is 20.4. The van der Waals surface area contributed by atoms with Crippen LogP contribution in [-0.2, 0) is 7.05 Å². The lowest BCUT2D eigenvalue weighted by atomic mass is 10.0. The SMILES string of the molecule is Cn1ccc([C@H](NC(=O)c2nccnc2N)c2ccc(Cl)cc2)n1. The van der Waals surface area contributed by atoms with Crippen LogP contribution in [0.25, 0.3) is 0 Å². The maximum Gasteiger partial charge on any atom is 0.274 e. The van der Waals surface area contributed by atoms with E-state index in [0.29, 0.717) is 10.7 Å². The third-order valence-corrected chi connectivity index (χ3v) is 3.70. The zero-order valence-electron chi connectivity index (χ0n) is 12.8. The molecular weight excluding hydrogens is 328 g/mol.